The molecule has 0 aromatic heterocycles. The first-order valence-electron chi connectivity index (χ1n) is 7.41. The maximum atomic E-state index is 12.6. The highest BCUT2D eigenvalue weighted by Crippen LogP contribution is 2.39. The molecule has 1 aliphatic rings. The standard InChI is InChI=1S/C18H19NO3S/c1-12-18(20)19(16-6-4-5-7-17(16)23-12)11-13-8-14(21-2)10-15(9-13)22-3/h4-10,12H,11H2,1-3H3. The Bertz CT molecular complexity index is 710. The molecule has 1 heterocycles. The number of benzene rings is 2. The first-order valence-corrected chi connectivity index (χ1v) is 8.29. The van der Waals surface area contributed by atoms with Gasteiger partial charge in [-0.25, -0.2) is 0 Å². The second-order valence-corrected chi connectivity index (χ2v) is 6.76. The molecule has 0 fully saturated rings. The van der Waals surface area contributed by atoms with Crippen molar-refractivity contribution in [3.63, 3.8) is 0 Å². The number of rotatable bonds is 4. The quantitative estimate of drug-likeness (QED) is 0.857. The van der Waals surface area contributed by atoms with Crippen molar-refractivity contribution in [2.45, 2.75) is 23.6 Å². The number of hydrogen-bond donors (Lipinski definition) is 0. The average Bonchev–Trinajstić information content (AvgIpc) is 2.58. The Balaban J connectivity index is 1.97. The molecule has 0 saturated carbocycles. The number of nitrogens with zero attached hydrogens (tertiary/aromatic N) is 1. The number of anilines is 1. The van der Waals surface area contributed by atoms with E-state index < -0.39 is 0 Å². The lowest BCUT2D eigenvalue weighted by Gasteiger charge is -2.32. The summed E-state index contributed by atoms with van der Waals surface area (Å²) < 4.78 is 10.6. The van der Waals surface area contributed by atoms with Gasteiger partial charge in [-0.3, -0.25) is 4.79 Å². The second-order valence-electron chi connectivity index (χ2n) is 5.37. The third kappa shape index (κ3) is 3.15. The predicted octanol–water partition coefficient (Wildman–Crippen LogP) is 3.73. The van der Waals surface area contributed by atoms with E-state index in [1.54, 1.807) is 26.0 Å². The number of amides is 1. The minimum Gasteiger partial charge on any atom is -0.497 e. The Labute approximate surface area is 140 Å². The molecule has 0 saturated heterocycles. The highest BCUT2D eigenvalue weighted by atomic mass is 32.2. The number of para-hydroxylation sites is 1. The Morgan fingerprint density at radius 2 is 1.74 bits per heavy atom. The molecule has 0 N–H and O–H groups in total. The van der Waals surface area contributed by atoms with Crippen molar-refractivity contribution < 1.29 is 14.3 Å². The maximum absolute atomic E-state index is 12.6. The summed E-state index contributed by atoms with van der Waals surface area (Å²) in [7, 11) is 3.25. The van der Waals surface area contributed by atoms with E-state index in [1.165, 1.54) is 0 Å². The van der Waals surface area contributed by atoms with Crippen LogP contribution in [-0.4, -0.2) is 25.4 Å². The molecule has 1 amide bonds. The van der Waals surface area contributed by atoms with Gasteiger partial charge < -0.3 is 14.4 Å². The first-order chi connectivity index (χ1) is 11.1. The number of carbonyl (C=O) groups is 1. The summed E-state index contributed by atoms with van der Waals surface area (Å²) in [6.45, 7) is 2.44. The van der Waals surface area contributed by atoms with Gasteiger partial charge in [0.25, 0.3) is 0 Å². The molecule has 5 heteroatoms. The number of hydrogen-bond acceptors (Lipinski definition) is 4. The molecular weight excluding hydrogens is 310 g/mol. The molecule has 0 bridgehead atoms. The number of ether oxygens (including phenoxy) is 2. The van der Waals surface area contributed by atoms with Crippen molar-refractivity contribution >= 4 is 23.4 Å². The summed E-state index contributed by atoms with van der Waals surface area (Å²) in [4.78, 5) is 15.6. The van der Waals surface area contributed by atoms with Crippen molar-refractivity contribution in [3.05, 3.63) is 48.0 Å². The van der Waals surface area contributed by atoms with Crippen molar-refractivity contribution in [3.8, 4) is 11.5 Å². The zero-order valence-corrected chi connectivity index (χ0v) is 14.2. The van der Waals surface area contributed by atoms with E-state index in [2.05, 4.69) is 6.07 Å². The predicted molar refractivity (Wildman–Crippen MR) is 92.5 cm³/mol. The molecule has 0 radical (unpaired) electrons. The van der Waals surface area contributed by atoms with Crippen molar-refractivity contribution in [2.24, 2.45) is 0 Å². The van der Waals surface area contributed by atoms with Gasteiger partial charge in [0.15, 0.2) is 0 Å². The summed E-state index contributed by atoms with van der Waals surface area (Å²) in [6.07, 6.45) is 0. The number of thioether (sulfide) groups is 1. The summed E-state index contributed by atoms with van der Waals surface area (Å²) >= 11 is 1.61. The van der Waals surface area contributed by atoms with Crippen LogP contribution in [0.15, 0.2) is 47.4 Å². The number of methoxy groups -OCH3 is 2. The lowest BCUT2D eigenvalue weighted by Crippen LogP contribution is -2.39. The van der Waals surface area contributed by atoms with E-state index >= 15 is 0 Å². The largest absolute Gasteiger partial charge is 0.497 e. The zero-order valence-electron chi connectivity index (χ0n) is 13.4. The smallest absolute Gasteiger partial charge is 0.240 e. The molecule has 3 rings (SSSR count). The van der Waals surface area contributed by atoms with Gasteiger partial charge in [0.1, 0.15) is 11.5 Å². The zero-order chi connectivity index (χ0) is 16.4. The molecule has 120 valence electrons. The van der Waals surface area contributed by atoms with Gasteiger partial charge in [0.05, 0.1) is 31.7 Å². The van der Waals surface area contributed by atoms with Gasteiger partial charge in [0.2, 0.25) is 5.91 Å². The first kappa shape index (κ1) is 15.7. The molecule has 23 heavy (non-hydrogen) atoms. The van der Waals surface area contributed by atoms with Crippen LogP contribution < -0.4 is 14.4 Å². The highest BCUT2D eigenvalue weighted by Gasteiger charge is 2.30. The van der Waals surface area contributed by atoms with Crippen LogP contribution in [0.3, 0.4) is 0 Å². The highest BCUT2D eigenvalue weighted by molar-refractivity contribution is 8.00. The van der Waals surface area contributed by atoms with Gasteiger partial charge in [-0.2, -0.15) is 0 Å². The fourth-order valence-electron chi connectivity index (χ4n) is 2.66. The molecular formula is C18H19NO3S. The number of fused-ring (bicyclic) bond motifs is 1. The summed E-state index contributed by atoms with van der Waals surface area (Å²) in [5, 5.41) is -0.0857. The van der Waals surface area contributed by atoms with Crippen LogP contribution in [0.25, 0.3) is 0 Å². The molecule has 2 aromatic rings. The van der Waals surface area contributed by atoms with Crippen LogP contribution in [-0.2, 0) is 11.3 Å². The Morgan fingerprint density at radius 3 is 2.39 bits per heavy atom. The van der Waals surface area contributed by atoms with Crippen LogP contribution in [0.1, 0.15) is 12.5 Å². The fourth-order valence-corrected chi connectivity index (χ4v) is 3.73. The van der Waals surface area contributed by atoms with Crippen LogP contribution in [0, 0.1) is 0 Å². The fraction of sp³-hybridized carbons (Fsp3) is 0.278. The minimum absolute atomic E-state index is 0.0857. The van der Waals surface area contributed by atoms with E-state index in [0.717, 1.165) is 27.6 Å². The van der Waals surface area contributed by atoms with Gasteiger partial charge >= 0.3 is 0 Å². The average molecular weight is 329 g/mol. The topological polar surface area (TPSA) is 38.8 Å². The molecule has 0 spiro atoms. The van der Waals surface area contributed by atoms with Crippen LogP contribution in [0.2, 0.25) is 0 Å². The monoisotopic (exact) mass is 329 g/mol. The van der Waals surface area contributed by atoms with Gasteiger partial charge in [-0.05, 0) is 36.8 Å². The van der Waals surface area contributed by atoms with E-state index in [4.69, 9.17) is 9.47 Å². The summed E-state index contributed by atoms with van der Waals surface area (Å²) in [5.41, 5.74) is 1.94. The lowest BCUT2D eigenvalue weighted by atomic mass is 10.1. The molecule has 1 atom stereocenters. The summed E-state index contributed by atoms with van der Waals surface area (Å²) in [5.74, 6) is 1.56. The Morgan fingerprint density at radius 1 is 1.09 bits per heavy atom. The minimum atomic E-state index is -0.0857. The Hall–Kier alpha value is -2.14. The normalized spacial score (nSPS) is 16.9. The van der Waals surface area contributed by atoms with Crippen molar-refractivity contribution in [2.75, 3.05) is 19.1 Å². The SMILES string of the molecule is COc1cc(CN2C(=O)C(C)Sc3ccccc32)cc(OC)c1. The van der Waals surface area contributed by atoms with Crippen LogP contribution in [0.4, 0.5) is 5.69 Å². The van der Waals surface area contributed by atoms with Crippen molar-refractivity contribution in [1.29, 1.82) is 0 Å². The maximum Gasteiger partial charge on any atom is 0.240 e. The molecule has 0 aliphatic carbocycles. The summed E-state index contributed by atoms with van der Waals surface area (Å²) in [6, 6.07) is 13.7. The third-order valence-corrected chi connectivity index (χ3v) is 4.98. The van der Waals surface area contributed by atoms with E-state index in [-0.39, 0.29) is 11.2 Å². The van der Waals surface area contributed by atoms with Crippen LogP contribution >= 0.6 is 11.8 Å². The third-order valence-electron chi connectivity index (χ3n) is 3.83. The lowest BCUT2D eigenvalue weighted by molar-refractivity contribution is -0.118. The Kier molecular flexibility index (Phi) is 4.48. The molecule has 1 aliphatic heterocycles. The van der Waals surface area contributed by atoms with Crippen molar-refractivity contribution in [1.82, 2.24) is 0 Å². The van der Waals surface area contributed by atoms with E-state index in [0.29, 0.717) is 6.54 Å². The second kappa shape index (κ2) is 6.54. The molecule has 1 unspecified atom stereocenters. The van der Waals surface area contributed by atoms with E-state index in [9.17, 15) is 4.79 Å². The van der Waals surface area contributed by atoms with E-state index in [1.807, 2.05) is 48.2 Å². The van der Waals surface area contributed by atoms with Crippen LogP contribution in [0.5, 0.6) is 11.5 Å². The molecule has 2 aromatic carbocycles. The van der Waals surface area contributed by atoms with Gasteiger partial charge in [-0.1, -0.05) is 12.1 Å². The van der Waals surface area contributed by atoms with Gasteiger partial charge in [-0.15, -0.1) is 11.8 Å². The molecule has 4 nitrogen and oxygen atoms in total. The van der Waals surface area contributed by atoms with Gasteiger partial charge in [0, 0.05) is 11.0 Å². The number of carbonyl (C=O) groups excluding carboxylic acids is 1.